The molecule has 1 aromatic heterocycles. The third kappa shape index (κ3) is 2.82. The van der Waals surface area contributed by atoms with E-state index in [0.717, 1.165) is 18.2 Å². The summed E-state index contributed by atoms with van der Waals surface area (Å²) in [6, 6.07) is 4.91. The molecule has 0 aliphatic rings. The van der Waals surface area contributed by atoms with E-state index in [-0.39, 0.29) is 5.56 Å². The fourth-order valence-corrected chi connectivity index (χ4v) is 1.83. The van der Waals surface area contributed by atoms with Gasteiger partial charge < -0.3 is 0 Å². The normalized spacial score (nSPS) is 10.7. The standard InChI is InChI=1S/C13H11ClF2N2/c1-8-6-12(18-13(17-8)4-5-14)10-7-9(15)2-3-11(10)16/h2-3,6-7H,4-5H2,1H3. The van der Waals surface area contributed by atoms with E-state index < -0.39 is 11.6 Å². The van der Waals surface area contributed by atoms with Crippen LogP contribution in [0.15, 0.2) is 24.3 Å². The van der Waals surface area contributed by atoms with E-state index >= 15 is 0 Å². The van der Waals surface area contributed by atoms with Gasteiger partial charge in [-0.25, -0.2) is 18.7 Å². The fraction of sp³-hybridized carbons (Fsp3) is 0.231. The smallest absolute Gasteiger partial charge is 0.132 e. The first-order valence-corrected chi connectivity index (χ1v) is 5.99. The average Bonchev–Trinajstić information content (AvgIpc) is 2.32. The van der Waals surface area contributed by atoms with Crippen molar-refractivity contribution in [1.29, 1.82) is 0 Å². The van der Waals surface area contributed by atoms with Crippen molar-refractivity contribution in [3.05, 3.63) is 47.4 Å². The zero-order valence-corrected chi connectivity index (χ0v) is 10.5. The van der Waals surface area contributed by atoms with Gasteiger partial charge in [-0.15, -0.1) is 11.6 Å². The Morgan fingerprint density at radius 1 is 1.17 bits per heavy atom. The maximum Gasteiger partial charge on any atom is 0.132 e. The van der Waals surface area contributed by atoms with Crippen LogP contribution in [0.25, 0.3) is 11.3 Å². The topological polar surface area (TPSA) is 25.8 Å². The molecule has 0 amide bonds. The Morgan fingerprint density at radius 2 is 1.94 bits per heavy atom. The second-order valence-electron chi connectivity index (χ2n) is 3.87. The van der Waals surface area contributed by atoms with Crippen molar-refractivity contribution in [2.75, 3.05) is 5.88 Å². The van der Waals surface area contributed by atoms with Gasteiger partial charge in [-0.3, -0.25) is 0 Å². The van der Waals surface area contributed by atoms with Crippen LogP contribution in [0, 0.1) is 18.6 Å². The molecule has 2 rings (SSSR count). The summed E-state index contributed by atoms with van der Waals surface area (Å²) in [4.78, 5) is 8.38. The predicted octanol–water partition coefficient (Wildman–Crippen LogP) is 3.51. The third-order valence-electron chi connectivity index (χ3n) is 2.42. The van der Waals surface area contributed by atoms with Gasteiger partial charge >= 0.3 is 0 Å². The number of aromatic nitrogens is 2. The maximum atomic E-state index is 13.7. The molecule has 5 heteroatoms. The lowest BCUT2D eigenvalue weighted by Crippen LogP contribution is -2.01. The van der Waals surface area contributed by atoms with E-state index in [9.17, 15) is 8.78 Å². The Morgan fingerprint density at radius 3 is 2.67 bits per heavy atom. The minimum Gasteiger partial charge on any atom is -0.238 e. The van der Waals surface area contributed by atoms with E-state index in [2.05, 4.69) is 9.97 Å². The van der Waals surface area contributed by atoms with Crippen LogP contribution in [-0.2, 0) is 6.42 Å². The van der Waals surface area contributed by atoms with Gasteiger partial charge in [0.2, 0.25) is 0 Å². The van der Waals surface area contributed by atoms with Gasteiger partial charge in [-0.1, -0.05) is 0 Å². The van der Waals surface area contributed by atoms with E-state index in [4.69, 9.17) is 11.6 Å². The third-order valence-corrected chi connectivity index (χ3v) is 2.61. The number of aryl methyl sites for hydroxylation is 2. The van der Waals surface area contributed by atoms with Crippen molar-refractivity contribution in [2.45, 2.75) is 13.3 Å². The fourth-order valence-electron chi connectivity index (χ4n) is 1.66. The summed E-state index contributed by atoms with van der Waals surface area (Å²) in [6.07, 6.45) is 0.493. The van der Waals surface area contributed by atoms with Crippen LogP contribution in [0.3, 0.4) is 0 Å². The highest BCUT2D eigenvalue weighted by Crippen LogP contribution is 2.22. The highest BCUT2D eigenvalue weighted by Gasteiger charge is 2.10. The summed E-state index contributed by atoms with van der Waals surface area (Å²) in [5, 5.41) is 0. The van der Waals surface area contributed by atoms with Crippen LogP contribution in [-0.4, -0.2) is 15.8 Å². The molecular formula is C13H11ClF2N2. The average molecular weight is 269 g/mol. The second kappa shape index (κ2) is 5.40. The van der Waals surface area contributed by atoms with Crippen LogP contribution in [0.1, 0.15) is 11.5 Å². The molecular weight excluding hydrogens is 258 g/mol. The maximum absolute atomic E-state index is 13.7. The minimum atomic E-state index is -0.508. The summed E-state index contributed by atoms with van der Waals surface area (Å²) in [6.45, 7) is 1.78. The van der Waals surface area contributed by atoms with Crippen molar-refractivity contribution in [3.63, 3.8) is 0 Å². The van der Waals surface area contributed by atoms with Gasteiger partial charge in [0, 0.05) is 23.6 Å². The van der Waals surface area contributed by atoms with Crippen molar-refractivity contribution >= 4 is 11.6 Å². The van der Waals surface area contributed by atoms with Crippen molar-refractivity contribution in [3.8, 4) is 11.3 Å². The molecule has 0 radical (unpaired) electrons. The Bertz CT molecular complexity index is 573. The summed E-state index contributed by atoms with van der Waals surface area (Å²) >= 11 is 5.63. The van der Waals surface area contributed by atoms with E-state index in [0.29, 0.717) is 29.5 Å². The summed E-state index contributed by atoms with van der Waals surface area (Å²) < 4.78 is 26.8. The molecule has 18 heavy (non-hydrogen) atoms. The number of hydrogen-bond acceptors (Lipinski definition) is 2. The predicted molar refractivity (Wildman–Crippen MR) is 66.5 cm³/mol. The summed E-state index contributed by atoms with van der Waals surface area (Å²) in [5.41, 5.74) is 1.21. The lowest BCUT2D eigenvalue weighted by Gasteiger charge is -2.06. The highest BCUT2D eigenvalue weighted by molar-refractivity contribution is 6.17. The lowest BCUT2D eigenvalue weighted by atomic mass is 10.1. The largest absolute Gasteiger partial charge is 0.238 e. The number of halogens is 3. The van der Waals surface area contributed by atoms with Gasteiger partial charge in [-0.2, -0.15) is 0 Å². The Balaban J connectivity index is 2.52. The van der Waals surface area contributed by atoms with Crippen LogP contribution in [0.2, 0.25) is 0 Å². The van der Waals surface area contributed by atoms with Gasteiger partial charge in [0.05, 0.1) is 5.69 Å². The molecule has 2 aromatic rings. The van der Waals surface area contributed by atoms with Crippen LogP contribution in [0.5, 0.6) is 0 Å². The van der Waals surface area contributed by atoms with Crippen LogP contribution < -0.4 is 0 Å². The zero-order chi connectivity index (χ0) is 13.1. The van der Waals surface area contributed by atoms with Crippen molar-refractivity contribution in [1.82, 2.24) is 9.97 Å². The molecule has 0 aliphatic heterocycles. The monoisotopic (exact) mass is 268 g/mol. The van der Waals surface area contributed by atoms with Gasteiger partial charge in [0.1, 0.15) is 17.5 Å². The number of rotatable bonds is 3. The molecule has 94 valence electrons. The highest BCUT2D eigenvalue weighted by atomic mass is 35.5. The molecule has 0 N–H and O–H groups in total. The van der Waals surface area contributed by atoms with Gasteiger partial charge in [0.15, 0.2) is 0 Å². The molecule has 1 heterocycles. The number of hydrogen-bond donors (Lipinski definition) is 0. The number of nitrogens with zero attached hydrogens (tertiary/aromatic N) is 2. The SMILES string of the molecule is Cc1cc(-c2cc(F)ccc2F)nc(CCCl)n1. The molecule has 0 aliphatic carbocycles. The molecule has 0 bridgehead atoms. The molecule has 0 spiro atoms. The molecule has 2 nitrogen and oxygen atoms in total. The summed E-state index contributed by atoms with van der Waals surface area (Å²) in [7, 11) is 0. The van der Waals surface area contributed by atoms with E-state index in [1.54, 1.807) is 13.0 Å². The van der Waals surface area contributed by atoms with Crippen molar-refractivity contribution < 1.29 is 8.78 Å². The molecule has 1 aromatic carbocycles. The van der Waals surface area contributed by atoms with Crippen LogP contribution in [0.4, 0.5) is 8.78 Å². The molecule has 0 unspecified atom stereocenters. The molecule has 0 atom stereocenters. The lowest BCUT2D eigenvalue weighted by molar-refractivity contribution is 0.602. The zero-order valence-electron chi connectivity index (χ0n) is 9.75. The van der Waals surface area contributed by atoms with Gasteiger partial charge in [-0.05, 0) is 31.2 Å². The number of alkyl halides is 1. The first-order valence-electron chi connectivity index (χ1n) is 5.46. The van der Waals surface area contributed by atoms with Crippen molar-refractivity contribution in [2.24, 2.45) is 0 Å². The Kier molecular flexibility index (Phi) is 3.87. The Hall–Kier alpha value is -1.55. The molecule has 0 saturated carbocycles. The first-order chi connectivity index (χ1) is 8.60. The first kappa shape index (κ1) is 12.9. The second-order valence-corrected chi connectivity index (χ2v) is 4.25. The summed E-state index contributed by atoms with van der Waals surface area (Å²) in [5.74, 6) is -0.0920. The van der Waals surface area contributed by atoms with Gasteiger partial charge in [0.25, 0.3) is 0 Å². The van der Waals surface area contributed by atoms with E-state index in [1.165, 1.54) is 0 Å². The quantitative estimate of drug-likeness (QED) is 0.796. The Labute approximate surface area is 109 Å². The minimum absolute atomic E-state index is 0.135. The molecule has 0 saturated heterocycles. The van der Waals surface area contributed by atoms with Crippen LogP contribution >= 0.6 is 11.6 Å². The molecule has 0 fully saturated rings. The number of benzene rings is 1. The van der Waals surface area contributed by atoms with E-state index in [1.807, 2.05) is 0 Å².